The second-order valence-electron chi connectivity index (χ2n) is 5.32. The van der Waals surface area contributed by atoms with Crippen molar-refractivity contribution in [1.29, 1.82) is 0 Å². The lowest BCUT2D eigenvalue weighted by atomic mass is 9.87. The molecular formula is C13H16F3N3. The second-order valence-corrected chi connectivity index (χ2v) is 5.32. The van der Waals surface area contributed by atoms with Gasteiger partial charge in [0.1, 0.15) is 5.82 Å². The van der Waals surface area contributed by atoms with Crippen LogP contribution < -0.4 is 10.2 Å². The Morgan fingerprint density at radius 1 is 1.42 bits per heavy atom. The molecule has 1 N–H and O–H groups in total. The lowest BCUT2D eigenvalue weighted by Crippen LogP contribution is -2.54. The van der Waals surface area contributed by atoms with E-state index < -0.39 is 11.7 Å². The summed E-state index contributed by atoms with van der Waals surface area (Å²) in [5.74, 6) is 0.851. The van der Waals surface area contributed by atoms with Crippen LogP contribution in [0.15, 0.2) is 12.3 Å². The van der Waals surface area contributed by atoms with E-state index in [4.69, 9.17) is 0 Å². The third-order valence-electron chi connectivity index (χ3n) is 4.00. The van der Waals surface area contributed by atoms with Gasteiger partial charge >= 0.3 is 6.18 Å². The maximum atomic E-state index is 12.8. The molecule has 3 rings (SSSR count). The maximum Gasteiger partial charge on any atom is 0.417 e. The van der Waals surface area contributed by atoms with Gasteiger partial charge in [-0.2, -0.15) is 13.2 Å². The van der Waals surface area contributed by atoms with E-state index >= 15 is 0 Å². The largest absolute Gasteiger partial charge is 0.417 e. The number of aromatic nitrogens is 1. The molecule has 3 nitrogen and oxygen atoms in total. The summed E-state index contributed by atoms with van der Waals surface area (Å²) in [6, 6.07) is 1.62. The molecule has 2 atom stereocenters. The van der Waals surface area contributed by atoms with Gasteiger partial charge in [0.15, 0.2) is 0 Å². The van der Waals surface area contributed by atoms with Crippen molar-refractivity contribution in [2.75, 3.05) is 24.5 Å². The van der Waals surface area contributed by atoms with Crippen LogP contribution in [0, 0.1) is 0 Å². The van der Waals surface area contributed by atoms with Gasteiger partial charge < -0.3 is 10.2 Å². The maximum absolute atomic E-state index is 12.8. The standard InChI is InChI=1S/C13H16F3N3/c1-8-4-10-7-17-2-3-19(10)12-11(8)5-9(6-18-12)13(14,15)16/h5-6,8,10,17H,2-4,7H2,1H3/t8-,10-/m1/s1. The van der Waals surface area contributed by atoms with E-state index in [0.29, 0.717) is 6.04 Å². The summed E-state index contributed by atoms with van der Waals surface area (Å²) >= 11 is 0. The summed E-state index contributed by atoms with van der Waals surface area (Å²) < 4.78 is 38.3. The average Bonchev–Trinajstić information content (AvgIpc) is 2.37. The van der Waals surface area contributed by atoms with E-state index in [1.54, 1.807) is 0 Å². The van der Waals surface area contributed by atoms with Crippen molar-refractivity contribution in [3.63, 3.8) is 0 Å². The number of hydrogen-bond donors (Lipinski definition) is 1. The molecule has 0 spiro atoms. The Bertz CT molecular complexity index is 487. The highest BCUT2D eigenvalue weighted by Gasteiger charge is 2.37. The molecule has 0 saturated carbocycles. The number of nitrogens with one attached hydrogen (secondary N) is 1. The first-order valence-electron chi connectivity index (χ1n) is 6.51. The van der Waals surface area contributed by atoms with Gasteiger partial charge in [-0.05, 0) is 24.0 Å². The quantitative estimate of drug-likeness (QED) is 0.785. The monoisotopic (exact) mass is 271 g/mol. The van der Waals surface area contributed by atoms with Crippen LogP contribution in [0.25, 0.3) is 0 Å². The zero-order chi connectivity index (χ0) is 13.6. The first kappa shape index (κ1) is 12.7. The van der Waals surface area contributed by atoms with Crippen molar-refractivity contribution in [2.24, 2.45) is 0 Å². The summed E-state index contributed by atoms with van der Waals surface area (Å²) in [6.07, 6.45) is -2.49. The fraction of sp³-hybridized carbons (Fsp3) is 0.615. The Kier molecular flexibility index (Phi) is 2.92. The van der Waals surface area contributed by atoms with E-state index in [1.807, 2.05) is 6.92 Å². The summed E-state index contributed by atoms with van der Waals surface area (Å²) in [6.45, 7) is 4.52. The fourth-order valence-corrected chi connectivity index (χ4v) is 3.02. The van der Waals surface area contributed by atoms with Crippen LogP contribution in [-0.4, -0.2) is 30.7 Å². The van der Waals surface area contributed by atoms with Crippen molar-refractivity contribution in [1.82, 2.24) is 10.3 Å². The molecule has 1 aromatic rings. The van der Waals surface area contributed by atoms with E-state index in [2.05, 4.69) is 15.2 Å². The number of alkyl halides is 3. The van der Waals surface area contributed by atoms with Crippen molar-refractivity contribution < 1.29 is 13.2 Å². The molecule has 0 aliphatic carbocycles. The normalized spacial score (nSPS) is 26.8. The second kappa shape index (κ2) is 4.37. The third-order valence-corrected chi connectivity index (χ3v) is 4.00. The van der Waals surface area contributed by atoms with Crippen LogP contribution in [0.1, 0.15) is 30.4 Å². The number of anilines is 1. The molecule has 2 aliphatic rings. The number of fused-ring (bicyclic) bond motifs is 3. The van der Waals surface area contributed by atoms with E-state index in [1.165, 1.54) is 6.07 Å². The van der Waals surface area contributed by atoms with Gasteiger partial charge in [-0.15, -0.1) is 0 Å². The minimum absolute atomic E-state index is 0.117. The number of nitrogens with zero attached hydrogens (tertiary/aromatic N) is 2. The number of halogens is 3. The molecule has 0 aromatic carbocycles. The van der Waals surface area contributed by atoms with Crippen LogP contribution in [0.3, 0.4) is 0 Å². The molecule has 1 saturated heterocycles. The predicted octanol–water partition coefficient (Wildman–Crippen LogP) is 2.39. The SMILES string of the molecule is C[C@@H]1C[C@@H]2CNCCN2c2ncc(C(F)(F)F)cc21. The summed E-state index contributed by atoms with van der Waals surface area (Å²) in [5.41, 5.74) is 0.0830. The Labute approximate surface area is 109 Å². The molecular weight excluding hydrogens is 255 g/mol. The molecule has 104 valence electrons. The Morgan fingerprint density at radius 3 is 2.95 bits per heavy atom. The van der Waals surface area contributed by atoms with Crippen LogP contribution in [0.4, 0.5) is 19.0 Å². The first-order valence-corrected chi connectivity index (χ1v) is 6.51. The topological polar surface area (TPSA) is 28.2 Å². The molecule has 6 heteroatoms. The first-order chi connectivity index (χ1) is 8.97. The van der Waals surface area contributed by atoms with Crippen molar-refractivity contribution in [3.8, 4) is 0 Å². The predicted molar refractivity (Wildman–Crippen MR) is 66.3 cm³/mol. The molecule has 0 unspecified atom stereocenters. The zero-order valence-electron chi connectivity index (χ0n) is 10.7. The Balaban J connectivity index is 2.02. The highest BCUT2D eigenvalue weighted by atomic mass is 19.4. The van der Waals surface area contributed by atoms with Gasteiger partial charge in [-0.1, -0.05) is 6.92 Å². The molecule has 1 aromatic heterocycles. The zero-order valence-corrected chi connectivity index (χ0v) is 10.7. The van der Waals surface area contributed by atoms with E-state index in [0.717, 1.165) is 43.6 Å². The highest BCUT2D eigenvalue weighted by Crippen LogP contribution is 2.40. The molecule has 0 radical (unpaired) electrons. The van der Waals surface area contributed by atoms with Gasteiger partial charge in [0.05, 0.1) is 5.56 Å². The lowest BCUT2D eigenvalue weighted by molar-refractivity contribution is -0.137. The average molecular weight is 271 g/mol. The van der Waals surface area contributed by atoms with E-state index in [-0.39, 0.29) is 5.92 Å². The van der Waals surface area contributed by atoms with Crippen molar-refractivity contribution >= 4 is 5.82 Å². The molecule has 1 fully saturated rings. The van der Waals surface area contributed by atoms with Crippen LogP contribution in [-0.2, 0) is 6.18 Å². The van der Waals surface area contributed by atoms with Gasteiger partial charge in [0.2, 0.25) is 0 Å². The van der Waals surface area contributed by atoms with Crippen molar-refractivity contribution in [2.45, 2.75) is 31.5 Å². The van der Waals surface area contributed by atoms with Gasteiger partial charge in [0, 0.05) is 31.9 Å². The number of hydrogen-bond acceptors (Lipinski definition) is 3. The molecule has 3 heterocycles. The highest BCUT2D eigenvalue weighted by molar-refractivity contribution is 5.54. The number of piperazine rings is 1. The smallest absolute Gasteiger partial charge is 0.351 e. The van der Waals surface area contributed by atoms with Crippen LogP contribution in [0.2, 0.25) is 0 Å². The van der Waals surface area contributed by atoms with E-state index in [9.17, 15) is 13.2 Å². The molecule has 2 aliphatic heterocycles. The minimum Gasteiger partial charge on any atom is -0.351 e. The number of pyridine rings is 1. The molecule has 0 amide bonds. The Hall–Kier alpha value is -1.30. The van der Waals surface area contributed by atoms with Crippen LogP contribution >= 0.6 is 0 Å². The molecule has 19 heavy (non-hydrogen) atoms. The summed E-state index contributed by atoms with van der Waals surface area (Å²) in [7, 11) is 0. The Morgan fingerprint density at radius 2 is 2.21 bits per heavy atom. The third kappa shape index (κ3) is 2.18. The number of rotatable bonds is 0. The van der Waals surface area contributed by atoms with Crippen LogP contribution in [0.5, 0.6) is 0 Å². The molecule has 0 bridgehead atoms. The summed E-state index contributed by atoms with van der Waals surface area (Å²) in [4.78, 5) is 6.24. The van der Waals surface area contributed by atoms with Crippen molar-refractivity contribution in [3.05, 3.63) is 23.4 Å². The van der Waals surface area contributed by atoms with Gasteiger partial charge in [0.25, 0.3) is 0 Å². The lowest BCUT2D eigenvalue weighted by Gasteiger charge is -2.43. The summed E-state index contributed by atoms with van der Waals surface area (Å²) in [5, 5.41) is 3.32. The minimum atomic E-state index is -4.32. The van der Waals surface area contributed by atoms with Gasteiger partial charge in [-0.3, -0.25) is 0 Å². The fourth-order valence-electron chi connectivity index (χ4n) is 3.02. The van der Waals surface area contributed by atoms with Gasteiger partial charge in [-0.25, -0.2) is 4.98 Å².